The first-order valence-corrected chi connectivity index (χ1v) is 11.3. The van der Waals surface area contributed by atoms with Crippen LogP contribution in [0, 0.1) is 26.7 Å². The molecule has 0 saturated carbocycles. The van der Waals surface area contributed by atoms with Gasteiger partial charge in [-0.2, -0.15) is 0 Å². The number of furan rings is 1. The van der Waals surface area contributed by atoms with E-state index in [1.54, 1.807) is 43.3 Å². The Morgan fingerprint density at radius 2 is 1.74 bits per heavy atom. The van der Waals surface area contributed by atoms with Crippen LogP contribution in [-0.4, -0.2) is 23.4 Å². The maximum absolute atomic E-state index is 13.3. The van der Waals surface area contributed by atoms with Crippen molar-refractivity contribution in [3.8, 4) is 5.75 Å². The number of nitrogens with zero attached hydrogens (tertiary/aromatic N) is 1. The lowest BCUT2D eigenvalue weighted by Gasteiger charge is -2.25. The van der Waals surface area contributed by atoms with Crippen molar-refractivity contribution in [2.45, 2.75) is 40.7 Å². The molecule has 1 unspecified atom stereocenters. The molecule has 1 aliphatic rings. The Bertz CT molecular complexity index is 1270. The first kappa shape index (κ1) is 23.4. The van der Waals surface area contributed by atoms with E-state index in [1.165, 1.54) is 4.90 Å². The van der Waals surface area contributed by atoms with Crippen molar-refractivity contribution in [2.75, 3.05) is 11.5 Å². The molecule has 1 fully saturated rings. The van der Waals surface area contributed by atoms with Gasteiger partial charge in [-0.25, -0.2) is 0 Å². The topological polar surface area (TPSA) is 80.0 Å². The van der Waals surface area contributed by atoms with Gasteiger partial charge in [0.1, 0.15) is 29.1 Å². The summed E-state index contributed by atoms with van der Waals surface area (Å²) in [5.41, 5.74) is 2.82. The number of rotatable bonds is 6. The summed E-state index contributed by atoms with van der Waals surface area (Å²) in [5, 5.41) is 11.2. The van der Waals surface area contributed by atoms with Gasteiger partial charge in [0.15, 0.2) is 0 Å². The maximum atomic E-state index is 13.3. The zero-order valence-electron chi connectivity index (χ0n) is 20.1. The number of carbonyl (C=O) groups is 2. The minimum Gasteiger partial charge on any atom is -0.507 e. The largest absolute Gasteiger partial charge is 0.507 e. The second-order valence-corrected chi connectivity index (χ2v) is 9.14. The number of aryl methyl sites for hydroxylation is 3. The van der Waals surface area contributed by atoms with Gasteiger partial charge < -0.3 is 14.3 Å². The first-order chi connectivity index (χ1) is 16.2. The smallest absolute Gasteiger partial charge is 0.300 e. The van der Waals surface area contributed by atoms with Gasteiger partial charge >= 0.3 is 0 Å². The lowest BCUT2D eigenvalue weighted by atomic mass is 9.98. The number of ketones is 1. The van der Waals surface area contributed by atoms with E-state index >= 15 is 0 Å². The molecule has 1 aromatic heterocycles. The fourth-order valence-electron chi connectivity index (χ4n) is 4.06. The van der Waals surface area contributed by atoms with Crippen LogP contribution in [0.3, 0.4) is 0 Å². The van der Waals surface area contributed by atoms with E-state index in [0.29, 0.717) is 41.0 Å². The van der Waals surface area contributed by atoms with Gasteiger partial charge in [-0.15, -0.1) is 0 Å². The van der Waals surface area contributed by atoms with Crippen LogP contribution in [-0.2, 0) is 9.59 Å². The Hall–Kier alpha value is -3.80. The Balaban J connectivity index is 1.83. The zero-order valence-corrected chi connectivity index (χ0v) is 20.1. The molecule has 1 atom stereocenters. The first-order valence-electron chi connectivity index (χ1n) is 11.3. The summed E-state index contributed by atoms with van der Waals surface area (Å²) in [7, 11) is 0. The normalized spacial score (nSPS) is 17.6. The molecule has 2 aromatic carbocycles. The van der Waals surface area contributed by atoms with Crippen molar-refractivity contribution in [3.05, 3.63) is 88.4 Å². The summed E-state index contributed by atoms with van der Waals surface area (Å²) in [6.07, 6.45) is 0. The lowest BCUT2D eigenvalue weighted by molar-refractivity contribution is -0.132. The third-order valence-corrected chi connectivity index (χ3v) is 5.81. The van der Waals surface area contributed by atoms with Crippen molar-refractivity contribution in [3.63, 3.8) is 0 Å². The highest BCUT2D eigenvalue weighted by molar-refractivity contribution is 6.51. The molecular formula is C28H29NO5. The fourth-order valence-corrected chi connectivity index (χ4v) is 4.06. The highest BCUT2D eigenvalue weighted by Gasteiger charge is 2.48. The maximum Gasteiger partial charge on any atom is 0.300 e. The SMILES string of the molecule is Cc1ccc(C)c(N2C(=O)C(=O)/C(=C(\O)c3ccc(OCC(C)C)cc3)C2c2ccc(C)o2)c1. The van der Waals surface area contributed by atoms with Crippen molar-refractivity contribution >= 4 is 23.1 Å². The standard InChI is InChI=1S/C28H29NO5/c1-16(2)15-33-21-11-9-20(10-12-21)26(30)24-25(23-13-8-19(5)34-23)29(28(32)27(24)31)22-14-17(3)6-7-18(22)4/h6-14,16,25,30H,15H2,1-5H3/b26-24-. The zero-order chi connectivity index (χ0) is 24.6. The molecule has 3 aromatic rings. The van der Waals surface area contributed by atoms with Crippen LogP contribution in [0.5, 0.6) is 5.75 Å². The monoisotopic (exact) mass is 459 g/mol. The molecule has 4 rings (SSSR count). The summed E-state index contributed by atoms with van der Waals surface area (Å²) < 4.78 is 11.6. The molecule has 0 bridgehead atoms. The molecule has 1 amide bonds. The summed E-state index contributed by atoms with van der Waals surface area (Å²) in [4.78, 5) is 28.0. The Labute approximate surface area is 199 Å². The highest BCUT2D eigenvalue weighted by Crippen LogP contribution is 2.43. The second-order valence-electron chi connectivity index (χ2n) is 9.14. The Morgan fingerprint density at radius 3 is 2.35 bits per heavy atom. The number of anilines is 1. The van der Waals surface area contributed by atoms with E-state index < -0.39 is 17.7 Å². The molecule has 0 radical (unpaired) electrons. The van der Waals surface area contributed by atoms with Crippen LogP contribution < -0.4 is 9.64 Å². The number of benzene rings is 2. The molecule has 6 nitrogen and oxygen atoms in total. The van der Waals surface area contributed by atoms with E-state index in [-0.39, 0.29) is 11.3 Å². The van der Waals surface area contributed by atoms with E-state index in [2.05, 4.69) is 13.8 Å². The van der Waals surface area contributed by atoms with Crippen molar-refractivity contribution in [1.29, 1.82) is 0 Å². The van der Waals surface area contributed by atoms with Crippen LogP contribution in [0.2, 0.25) is 0 Å². The van der Waals surface area contributed by atoms with Crippen LogP contribution >= 0.6 is 0 Å². The number of carbonyl (C=O) groups excluding carboxylic acids is 2. The predicted molar refractivity (Wildman–Crippen MR) is 131 cm³/mol. The molecule has 1 aliphatic heterocycles. The van der Waals surface area contributed by atoms with Crippen LogP contribution in [0.25, 0.3) is 5.76 Å². The number of Topliss-reactive ketones (excluding diaryl/α,β-unsaturated/α-hetero) is 1. The molecule has 1 N–H and O–H groups in total. The third kappa shape index (κ3) is 4.36. The third-order valence-electron chi connectivity index (χ3n) is 5.81. The number of aliphatic hydroxyl groups is 1. The molecule has 2 heterocycles. The fraction of sp³-hybridized carbons (Fsp3) is 0.286. The molecule has 1 saturated heterocycles. The highest BCUT2D eigenvalue weighted by atomic mass is 16.5. The van der Waals surface area contributed by atoms with Crippen molar-refractivity contribution in [1.82, 2.24) is 0 Å². The molecule has 0 aliphatic carbocycles. The molecule has 176 valence electrons. The van der Waals surface area contributed by atoms with E-state index in [4.69, 9.17) is 9.15 Å². The van der Waals surface area contributed by atoms with E-state index in [1.807, 2.05) is 32.0 Å². The van der Waals surface area contributed by atoms with Gasteiger partial charge in [0.05, 0.1) is 12.2 Å². The molecular weight excluding hydrogens is 430 g/mol. The Kier molecular flexibility index (Phi) is 6.33. The van der Waals surface area contributed by atoms with Gasteiger partial charge in [0.2, 0.25) is 0 Å². The van der Waals surface area contributed by atoms with Crippen LogP contribution in [0.1, 0.15) is 48.1 Å². The van der Waals surface area contributed by atoms with Crippen LogP contribution in [0.15, 0.2) is 64.6 Å². The van der Waals surface area contributed by atoms with Gasteiger partial charge in [-0.3, -0.25) is 14.5 Å². The summed E-state index contributed by atoms with van der Waals surface area (Å²) >= 11 is 0. The van der Waals surface area contributed by atoms with E-state index in [0.717, 1.165) is 11.1 Å². The van der Waals surface area contributed by atoms with Gasteiger partial charge in [0.25, 0.3) is 11.7 Å². The van der Waals surface area contributed by atoms with Gasteiger partial charge in [-0.1, -0.05) is 26.0 Å². The second kappa shape index (κ2) is 9.21. The number of amides is 1. The minimum atomic E-state index is -0.883. The number of hydrogen-bond acceptors (Lipinski definition) is 5. The van der Waals surface area contributed by atoms with Crippen LogP contribution in [0.4, 0.5) is 5.69 Å². The minimum absolute atomic E-state index is 0.00361. The average Bonchev–Trinajstić information content (AvgIpc) is 3.34. The molecule has 34 heavy (non-hydrogen) atoms. The lowest BCUT2D eigenvalue weighted by Crippen LogP contribution is -2.30. The Morgan fingerprint density at radius 1 is 1.03 bits per heavy atom. The number of aliphatic hydroxyl groups excluding tert-OH is 1. The van der Waals surface area contributed by atoms with Crippen molar-refractivity contribution < 1.29 is 23.8 Å². The molecule has 6 heteroatoms. The summed E-state index contributed by atoms with van der Waals surface area (Å²) in [6.45, 7) is 10.3. The van der Waals surface area contributed by atoms with Gasteiger partial charge in [-0.05, 0) is 80.3 Å². The van der Waals surface area contributed by atoms with E-state index in [9.17, 15) is 14.7 Å². The number of ether oxygens (including phenoxy) is 1. The average molecular weight is 460 g/mol. The van der Waals surface area contributed by atoms with Gasteiger partial charge in [0, 0.05) is 11.3 Å². The predicted octanol–water partition coefficient (Wildman–Crippen LogP) is 5.87. The summed E-state index contributed by atoms with van der Waals surface area (Å²) in [6, 6.07) is 15.2. The van der Waals surface area contributed by atoms with Crippen molar-refractivity contribution in [2.24, 2.45) is 5.92 Å². The summed E-state index contributed by atoms with van der Waals surface area (Å²) in [5.74, 6) is 0.402. The quantitative estimate of drug-likeness (QED) is 0.283. The molecule has 0 spiro atoms. The number of hydrogen-bond donors (Lipinski definition) is 1.